The number of nitrogens with zero attached hydrogens (tertiary/aromatic N) is 1. The van der Waals surface area contributed by atoms with Crippen molar-refractivity contribution in [3.63, 3.8) is 0 Å². The van der Waals surface area contributed by atoms with Crippen LogP contribution in [0.15, 0.2) is 33.6 Å². The van der Waals surface area contributed by atoms with Gasteiger partial charge in [0.15, 0.2) is 0 Å². The van der Waals surface area contributed by atoms with Gasteiger partial charge in [0, 0.05) is 28.0 Å². The first-order valence-electron chi connectivity index (χ1n) is 4.77. The van der Waals surface area contributed by atoms with Crippen molar-refractivity contribution in [3.8, 4) is 0 Å². The number of nitrogens with one attached hydrogen (secondary N) is 1. The van der Waals surface area contributed by atoms with Crippen LogP contribution in [-0.2, 0) is 13.1 Å². The van der Waals surface area contributed by atoms with Gasteiger partial charge in [0.25, 0.3) is 0 Å². The van der Waals surface area contributed by atoms with Crippen LogP contribution >= 0.6 is 38.9 Å². The molecule has 0 fully saturated rings. The first-order valence-corrected chi connectivity index (χ1v) is 6.89. The van der Waals surface area contributed by atoms with E-state index in [-0.39, 0.29) is 0 Å². The summed E-state index contributed by atoms with van der Waals surface area (Å²) >= 11 is 11.1. The molecule has 1 aromatic heterocycles. The molecular weight excluding hydrogens is 308 g/mol. The van der Waals surface area contributed by atoms with Gasteiger partial charge in [-0.1, -0.05) is 33.6 Å². The predicted octanol–water partition coefficient (Wildman–Crippen LogP) is 3.85. The molecule has 0 saturated carbocycles. The Bertz CT molecular complexity index is 459. The predicted molar refractivity (Wildman–Crippen MR) is 71.8 cm³/mol. The Morgan fingerprint density at radius 2 is 2.25 bits per heavy atom. The minimum Gasteiger partial charge on any atom is -0.307 e. The van der Waals surface area contributed by atoms with Crippen LogP contribution in [-0.4, -0.2) is 4.98 Å². The van der Waals surface area contributed by atoms with Crippen molar-refractivity contribution in [2.45, 2.75) is 13.1 Å². The fourth-order valence-corrected chi connectivity index (χ4v) is 2.61. The van der Waals surface area contributed by atoms with Crippen LogP contribution < -0.4 is 5.32 Å². The van der Waals surface area contributed by atoms with Crippen molar-refractivity contribution >= 4 is 38.9 Å². The van der Waals surface area contributed by atoms with Crippen LogP contribution in [0.25, 0.3) is 0 Å². The van der Waals surface area contributed by atoms with Crippen LogP contribution in [0.5, 0.6) is 0 Å². The molecule has 0 bridgehead atoms. The molecule has 1 N–H and O–H groups in total. The molecule has 2 rings (SSSR count). The molecule has 2 aromatic rings. The summed E-state index contributed by atoms with van der Waals surface area (Å²) in [6.45, 7) is 1.53. The van der Waals surface area contributed by atoms with Gasteiger partial charge in [-0.25, -0.2) is 4.98 Å². The third-order valence-electron chi connectivity index (χ3n) is 2.12. The van der Waals surface area contributed by atoms with E-state index in [1.54, 1.807) is 11.3 Å². The molecular formula is C11H10BrClN2S. The Morgan fingerprint density at radius 3 is 2.94 bits per heavy atom. The van der Waals surface area contributed by atoms with Crippen LogP contribution in [0.1, 0.15) is 11.3 Å². The highest BCUT2D eigenvalue weighted by Crippen LogP contribution is 2.21. The van der Waals surface area contributed by atoms with Gasteiger partial charge in [-0.15, -0.1) is 11.3 Å². The summed E-state index contributed by atoms with van der Waals surface area (Å²) in [4.78, 5) is 4.20. The third kappa shape index (κ3) is 3.28. The normalized spacial score (nSPS) is 10.6. The second kappa shape index (κ2) is 5.77. The molecule has 16 heavy (non-hydrogen) atoms. The second-order valence-electron chi connectivity index (χ2n) is 3.32. The lowest BCUT2D eigenvalue weighted by Crippen LogP contribution is -2.13. The molecule has 5 heteroatoms. The number of halogens is 2. The van der Waals surface area contributed by atoms with Crippen LogP contribution in [0.2, 0.25) is 5.02 Å². The Balaban J connectivity index is 1.90. The van der Waals surface area contributed by atoms with Crippen molar-refractivity contribution < 1.29 is 0 Å². The summed E-state index contributed by atoms with van der Waals surface area (Å²) < 4.78 is 1.00. The Labute approximate surface area is 112 Å². The van der Waals surface area contributed by atoms with E-state index in [0.717, 1.165) is 33.8 Å². The maximum absolute atomic E-state index is 6.11. The van der Waals surface area contributed by atoms with Gasteiger partial charge in [-0.3, -0.25) is 0 Å². The number of hydrogen-bond acceptors (Lipinski definition) is 3. The number of aromatic nitrogens is 1. The van der Waals surface area contributed by atoms with E-state index in [9.17, 15) is 0 Å². The first kappa shape index (κ1) is 12.0. The number of hydrogen-bond donors (Lipinski definition) is 1. The van der Waals surface area contributed by atoms with E-state index in [1.807, 2.05) is 29.1 Å². The minimum absolute atomic E-state index is 0.754. The molecule has 2 nitrogen and oxygen atoms in total. The van der Waals surface area contributed by atoms with Gasteiger partial charge >= 0.3 is 0 Å². The lowest BCUT2D eigenvalue weighted by molar-refractivity contribution is 0.683. The van der Waals surface area contributed by atoms with Crippen molar-refractivity contribution in [1.82, 2.24) is 10.3 Å². The molecule has 0 unspecified atom stereocenters. The van der Waals surface area contributed by atoms with E-state index in [4.69, 9.17) is 11.6 Å². The SMILES string of the molecule is Clc1cc(Br)ccc1CNCc1cscn1. The highest BCUT2D eigenvalue weighted by atomic mass is 79.9. The molecule has 0 amide bonds. The molecule has 0 aliphatic carbocycles. The van der Waals surface area contributed by atoms with Gasteiger partial charge in [-0.2, -0.15) is 0 Å². The topological polar surface area (TPSA) is 24.9 Å². The summed E-state index contributed by atoms with van der Waals surface area (Å²) in [5.41, 5.74) is 4.00. The zero-order valence-electron chi connectivity index (χ0n) is 8.41. The molecule has 1 heterocycles. The lowest BCUT2D eigenvalue weighted by atomic mass is 10.2. The monoisotopic (exact) mass is 316 g/mol. The van der Waals surface area contributed by atoms with E-state index < -0.39 is 0 Å². The molecule has 1 aromatic carbocycles. The Kier molecular flexibility index (Phi) is 4.35. The molecule has 0 radical (unpaired) electrons. The average Bonchev–Trinajstić information content (AvgIpc) is 2.74. The fraction of sp³-hybridized carbons (Fsp3) is 0.182. The van der Waals surface area contributed by atoms with Crippen LogP contribution in [0, 0.1) is 0 Å². The minimum atomic E-state index is 0.754. The van der Waals surface area contributed by atoms with E-state index in [1.165, 1.54) is 0 Å². The quantitative estimate of drug-likeness (QED) is 0.926. The molecule has 84 valence electrons. The molecule has 0 aliphatic heterocycles. The summed E-state index contributed by atoms with van der Waals surface area (Å²) in [5, 5.41) is 6.12. The van der Waals surface area contributed by atoms with Gasteiger partial charge in [-0.05, 0) is 17.7 Å². The van der Waals surface area contributed by atoms with E-state index in [0.29, 0.717) is 0 Å². The standard InChI is InChI=1S/C11H10BrClN2S/c12-9-2-1-8(11(13)3-9)4-14-5-10-6-16-7-15-10/h1-3,6-7,14H,4-5H2. The summed E-state index contributed by atoms with van der Waals surface area (Å²) in [6.07, 6.45) is 0. The van der Waals surface area contributed by atoms with Crippen molar-refractivity contribution in [2.75, 3.05) is 0 Å². The van der Waals surface area contributed by atoms with Gasteiger partial charge in [0.1, 0.15) is 0 Å². The molecule has 0 saturated heterocycles. The summed E-state index contributed by atoms with van der Waals surface area (Å²) in [7, 11) is 0. The zero-order valence-corrected chi connectivity index (χ0v) is 11.6. The van der Waals surface area contributed by atoms with Crippen LogP contribution in [0.4, 0.5) is 0 Å². The van der Waals surface area contributed by atoms with Gasteiger partial charge < -0.3 is 5.32 Å². The number of benzene rings is 1. The second-order valence-corrected chi connectivity index (χ2v) is 5.36. The van der Waals surface area contributed by atoms with Crippen molar-refractivity contribution in [2.24, 2.45) is 0 Å². The summed E-state index contributed by atoms with van der Waals surface area (Å²) in [5.74, 6) is 0. The highest BCUT2D eigenvalue weighted by molar-refractivity contribution is 9.10. The smallest absolute Gasteiger partial charge is 0.0795 e. The highest BCUT2D eigenvalue weighted by Gasteiger charge is 2.01. The largest absolute Gasteiger partial charge is 0.307 e. The maximum atomic E-state index is 6.11. The van der Waals surface area contributed by atoms with Gasteiger partial charge in [0.05, 0.1) is 11.2 Å². The fourth-order valence-electron chi connectivity index (χ4n) is 1.32. The van der Waals surface area contributed by atoms with E-state index in [2.05, 4.69) is 26.2 Å². The molecule has 0 aliphatic rings. The Hall–Kier alpha value is -0.420. The van der Waals surface area contributed by atoms with Crippen molar-refractivity contribution in [1.29, 1.82) is 0 Å². The first-order chi connectivity index (χ1) is 7.75. The van der Waals surface area contributed by atoms with Gasteiger partial charge in [0.2, 0.25) is 0 Å². The number of rotatable bonds is 4. The third-order valence-corrected chi connectivity index (χ3v) is 3.60. The van der Waals surface area contributed by atoms with Crippen molar-refractivity contribution in [3.05, 3.63) is 49.8 Å². The number of thiazole rings is 1. The zero-order chi connectivity index (χ0) is 11.4. The maximum Gasteiger partial charge on any atom is 0.0795 e. The Morgan fingerprint density at radius 1 is 1.38 bits per heavy atom. The lowest BCUT2D eigenvalue weighted by Gasteiger charge is -2.05. The molecule has 0 atom stereocenters. The van der Waals surface area contributed by atoms with E-state index >= 15 is 0 Å². The summed E-state index contributed by atoms with van der Waals surface area (Å²) in [6, 6.07) is 5.91. The van der Waals surface area contributed by atoms with Crippen LogP contribution in [0.3, 0.4) is 0 Å². The molecule has 0 spiro atoms. The average molecular weight is 318 g/mol.